The normalized spacial score (nSPS) is 32.1. The highest BCUT2D eigenvalue weighted by Crippen LogP contribution is 2.19. The molecule has 2 rings (SSSR count). The van der Waals surface area contributed by atoms with E-state index in [1.807, 2.05) is 0 Å². The van der Waals surface area contributed by atoms with Gasteiger partial charge in [-0.05, 0) is 39.4 Å². The lowest BCUT2D eigenvalue weighted by molar-refractivity contribution is -0.142. The van der Waals surface area contributed by atoms with Gasteiger partial charge in [-0.1, -0.05) is 0 Å². The molecule has 0 spiro atoms. The summed E-state index contributed by atoms with van der Waals surface area (Å²) in [5.74, 6) is -0.762. The quantitative estimate of drug-likeness (QED) is 0.803. The maximum atomic E-state index is 10.7. The van der Waals surface area contributed by atoms with Gasteiger partial charge in [0.05, 0.1) is 19.1 Å². The van der Waals surface area contributed by atoms with E-state index in [2.05, 4.69) is 16.8 Å². The number of likely N-dealkylation sites (tertiary alicyclic amines) is 1. The van der Waals surface area contributed by atoms with E-state index in [0.29, 0.717) is 12.6 Å². The SMILES string of the molecule is CN1CCCC(N2CCOC(CC(=O)O)C2)CC1. The maximum Gasteiger partial charge on any atom is 0.306 e. The third-order valence-electron chi connectivity index (χ3n) is 4.01. The van der Waals surface area contributed by atoms with Crippen molar-refractivity contribution in [3.8, 4) is 0 Å². The monoisotopic (exact) mass is 256 g/mol. The molecule has 2 unspecified atom stereocenters. The molecule has 0 aromatic heterocycles. The third kappa shape index (κ3) is 3.93. The number of aliphatic carboxylic acids is 1. The van der Waals surface area contributed by atoms with Crippen LogP contribution in [0.5, 0.6) is 0 Å². The van der Waals surface area contributed by atoms with E-state index < -0.39 is 5.97 Å². The van der Waals surface area contributed by atoms with Gasteiger partial charge in [0.1, 0.15) is 0 Å². The maximum absolute atomic E-state index is 10.7. The average molecular weight is 256 g/mol. The fourth-order valence-electron chi connectivity index (χ4n) is 2.98. The number of ether oxygens (including phenoxy) is 1. The molecular weight excluding hydrogens is 232 g/mol. The van der Waals surface area contributed by atoms with Crippen molar-refractivity contribution in [1.29, 1.82) is 0 Å². The molecule has 2 atom stereocenters. The number of carboxylic acids is 1. The number of carbonyl (C=O) groups is 1. The van der Waals surface area contributed by atoms with Crippen molar-refractivity contribution in [2.75, 3.05) is 39.8 Å². The van der Waals surface area contributed by atoms with Gasteiger partial charge in [-0.15, -0.1) is 0 Å². The minimum Gasteiger partial charge on any atom is -0.481 e. The van der Waals surface area contributed by atoms with Crippen LogP contribution in [0.25, 0.3) is 0 Å². The Labute approximate surface area is 109 Å². The van der Waals surface area contributed by atoms with Crippen molar-refractivity contribution in [3.05, 3.63) is 0 Å². The van der Waals surface area contributed by atoms with E-state index in [0.717, 1.165) is 19.6 Å². The summed E-state index contributed by atoms with van der Waals surface area (Å²) in [4.78, 5) is 15.6. The summed E-state index contributed by atoms with van der Waals surface area (Å²) in [5, 5.41) is 8.84. The zero-order valence-corrected chi connectivity index (χ0v) is 11.2. The van der Waals surface area contributed by atoms with Crippen LogP contribution in [-0.2, 0) is 9.53 Å². The van der Waals surface area contributed by atoms with Gasteiger partial charge in [-0.25, -0.2) is 0 Å². The minimum atomic E-state index is -0.762. The molecule has 0 aromatic rings. The Morgan fingerprint density at radius 3 is 2.94 bits per heavy atom. The molecule has 0 radical (unpaired) electrons. The van der Waals surface area contributed by atoms with Gasteiger partial charge in [-0.3, -0.25) is 9.69 Å². The second kappa shape index (κ2) is 6.50. The molecule has 0 aliphatic carbocycles. The predicted octanol–water partition coefficient (Wildman–Crippen LogP) is 0.646. The van der Waals surface area contributed by atoms with E-state index in [1.165, 1.54) is 25.8 Å². The third-order valence-corrected chi connectivity index (χ3v) is 4.01. The molecular formula is C13H24N2O3. The summed E-state index contributed by atoms with van der Waals surface area (Å²) in [7, 11) is 2.18. The Morgan fingerprint density at radius 1 is 1.33 bits per heavy atom. The van der Waals surface area contributed by atoms with Crippen LogP contribution in [0.4, 0.5) is 0 Å². The van der Waals surface area contributed by atoms with Gasteiger partial charge < -0.3 is 14.7 Å². The summed E-state index contributed by atoms with van der Waals surface area (Å²) in [6.45, 7) is 4.72. The number of hydrogen-bond donors (Lipinski definition) is 1. The topological polar surface area (TPSA) is 53.0 Å². The van der Waals surface area contributed by atoms with Gasteiger partial charge >= 0.3 is 5.97 Å². The molecule has 5 nitrogen and oxygen atoms in total. The lowest BCUT2D eigenvalue weighted by atomic mass is 10.1. The molecule has 0 amide bonds. The molecule has 2 aliphatic heterocycles. The zero-order valence-electron chi connectivity index (χ0n) is 11.2. The van der Waals surface area contributed by atoms with Crippen LogP contribution < -0.4 is 0 Å². The standard InChI is InChI=1S/C13H24N2O3/c1-14-5-2-3-11(4-6-14)15-7-8-18-12(10-15)9-13(16)17/h11-12H,2-10H2,1H3,(H,16,17). The van der Waals surface area contributed by atoms with E-state index >= 15 is 0 Å². The van der Waals surface area contributed by atoms with Crippen LogP contribution in [0.3, 0.4) is 0 Å². The summed E-state index contributed by atoms with van der Waals surface area (Å²) >= 11 is 0. The molecule has 2 aliphatic rings. The van der Waals surface area contributed by atoms with E-state index in [1.54, 1.807) is 0 Å². The molecule has 0 aromatic carbocycles. The molecule has 2 saturated heterocycles. The number of hydrogen-bond acceptors (Lipinski definition) is 4. The van der Waals surface area contributed by atoms with Crippen LogP contribution in [0.2, 0.25) is 0 Å². The first-order valence-electron chi connectivity index (χ1n) is 6.91. The first-order chi connectivity index (χ1) is 8.65. The number of carboxylic acid groups (broad SMARTS) is 1. The van der Waals surface area contributed by atoms with Crippen molar-refractivity contribution in [3.63, 3.8) is 0 Å². The van der Waals surface area contributed by atoms with Crippen molar-refractivity contribution in [1.82, 2.24) is 9.80 Å². The molecule has 0 bridgehead atoms. The van der Waals surface area contributed by atoms with Crippen molar-refractivity contribution >= 4 is 5.97 Å². The molecule has 0 saturated carbocycles. The Kier molecular flexibility index (Phi) is 4.97. The summed E-state index contributed by atoms with van der Waals surface area (Å²) in [6, 6.07) is 0.607. The summed E-state index contributed by atoms with van der Waals surface area (Å²) in [5.41, 5.74) is 0. The van der Waals surface area contributed by atoms with Crippen LogP contribution in [0, 0.1) is 0 Å². The average Bonchev–Trinajstić information content (AvgIpc) is 2.53. The number of morpholine rings is 1. The van der Waals surface area contributed by atoms with Gasteiger partial charge in [0.2, 0.25) is 0 Å². The van der Waals surface area contributed by atoms with Crippen LogP contribution >= 0.6 is 0 Å². The summed E-state index contributed by atoms with van der Waals surface area (Å²) in [6.07, 6.45) is 3.66. The number of rotatable bonds is 3. The molecule has 2 fully saturated rings. The summed E-state index contributed by atoms with van der Waals surface area (Å²) < 4.78 is 5.53. The zero-order chi connectivity index (χ0) is 13.0. The second-order valence-corrected chi connectivity index (χ2v) is 5.47. The Balaban J connectivity index is 1.85. The van der Waals surface area contributed by atoms with Crippen LogP contribution in [0.15, 0.2) is 0 Å². The smallest absolute Gasteiger partial charge is 0.306 e. The molecule has 104 valence electrons. The Hall–Kier alpha value is -0.650. The molecule has 1 N–H and O–H groups in total. The van der Waals surface area contributed by atoms with E-state index in [9.17, 15) is 4.79 Å². The molecule has 5 heteroatoms. The first-order valence-corrected chi connectivity index (χ1v) is 6.91. The second-order valence-electron chi connectivity index (χ2n) is 5.47. The lowest BCUT2D eigenvalue weighted by Crippen LogP contribution is -2.48. The van der Waals surface area contributed by atoms with Crippen LogP contribution in [0.1, 0.15) is 25.7 Å². The van der Waals surface area contributed by atoms with Gasteiger partial charge in [0.25, 0.3) is 0 Å². The van der Waals surface area contributed by atoms with Crippen molar-refractivity contribution in [2.24, 2.45) is 0 Å². The largest absolute Gasteiger partial charge is 0.481 e. The highest BCUT2D eigenvalue weighted by molar-refractivity contribution is 5.67. The minimum absolute atomic E-state index is 0.128. The van der Waals surface area contributed by atoms with Crippen molar-refractivity contribution in [2.45, 2.75) is 37.8 Å². The predicted molar refractivity (Wildman–Crippen MR) is 68.7 cm³/mol. The fraction of sp³-hybridized carbons (Fsp3) is 0.923. The first kappa shape index (κ1) is 13.8. The Bertz CT molecular complexity index is 285. The van der Waals surface area contributed by atoms with Gasteiger partial charge in [0.15, 0.2) is 0 Å². The van der Waals surface area contributed by atoms with E-state index in [4.69, 9.17) is 9.84 Å². The van der Waals surface area contributed by atoms with Gasteiger partial charge in [0, 0.05) is 19.1 Å². The molecule has 18 heavy (non-hydrogen) atoms. The van der Waals surface area contributed by atoms with Gasteiger partial charge in [-0.2, -0.15) is 0 Å². The number of nitrogens with zero attached hydrogens (tertiary/aromatic N) is 2. The Morgan fingerprint density at radius 2 is 2.17 bits per heavy atom. The van der Waals surface area contributed by atoms with Crippen LogP contribution in [-0.4, -0.2) is 72.9 Å². The van der Waals surface area contributed by atoms with E-state index in [-0.39, 0.29) is 12.5 Å². The highest BCUT2D eigenvalue weighted by atomic mass is 16.5. The molecule has 2 heterocycles. The fourth-order valence-corrected chi connectivity index (χ4v) is 2.98. The highest BCUT2D eigenvalue weighted by Gasteiger charge is 2.28. The van der Waals surface area contributed by atoms with Crippen molar-refractivity contribution < 1.29 is 14.6 Å². The lowest BCUT2D eigenvalue weighted by Gasteiger charge is -2.37.